The molecule has 0 aliphatic carbocycles. The summed E-state index contributed by atoms with van der Waals surface area (Å²) in [7, 11) is 1.67. The zero-order valence-electron chi connectivity index (χ0n) is 30.1. The summed E-state index contributed by atoms with van der Waals surface area (Å²) in [4.78, 5) is 32.7. The van der Waals surface area contributed by atoms with Crippen LogP contribution in [0, 0.1) is 11.6 Å². The van der Waals surface area contributed by atoms with Gasteiger partial charge in [0.05, 0.1) is 29.9 Å². The van der Waals surface area contributed by atoms with Crippen LogP contribution in [0.3, 0.4) is 0 Å². The molecule has 1 amide bonds. The minimum absolute atomic E-state index is 0.209. The molecule has 0 bridgehead atoms. The van der Waals surface area contributed by atoms with Gasteiger partial charge in [-0.15, -0.1) is 0 Å². The first kappa shape index (κ1) is 35.2. The van der Waals surface area contributed by atoms with E-state index in [2.05, 4.69) is 37.6 Å². The molecule has 2 fully saturated rings. The summed E-state index contributed by atoms with van der Waals surface area (Å²) in [6.07, 6.45) is 11.2. The number of methoxy groups -OCH3 is 1. The minimum atomic E-state index is -0.859. The highest BCUT2D eigenvalue weighted by atomic mass is 19.1. The quantitative estimate of drug-likeness (QED) is 0.153. The van der Waals surface area contributed by atoms with E-state index in [4.69, 9.17) is 14.7 Å². The molecule has 0 atom stereocenters. The molecule has 6 aromatic rings. The molecule has 10 nitrogen and oxygen atoms in total. The number of benzene rings is 3. The Labute approximate surface area is 312 Å². The Morgan fingerprint density at radius 2 is 1.61 bits per heavy atom. The van der Waals surface area contributed by atoms with Crippen molar-refractivity contribution in [3.05, 3.63) is 115 Å². The molecule has 0 saturated carbocycles. The maximum atomic E-state index is 14.3. The second-order valence-corrected chi connectivity index (χ2v) is 13.8. The predicted octanol–water partition coefficient (Wildman–Crippen LogP) is 8.59. The summed E-state index contributed by atoms with van der Waals surface area (Å²) in [6.45, 7) is 4.49. The third-order valence-corrected chi connectivity index (χ3v) is 10.4. The van der Waals surface area contributed by atoms with Crippen molar-refractivity contribution in [1.29, 1.82) is 0 Å². The molecule has 8 rings (SSSR count). The summed E-state index contributed by atoms with van der Waals surface area (Å²) in [5.74, 6) is -1.31. The number of imidazole rings is 1. The first-order valence-corrected chi connectivity index (χ1v) is 18.6. The first-order valence-electron chi connectivity index (χ1n) is 18.6. The minimum Gasteiger partial charge on any atom is -0.494 e. The van der Waals surface area contributed by atoms with Gasteiger partial charge in [-0.05, 0) is 93.4 Å². The fourth-order valence-electron chi connectivity index (χ4n) is 7.65. The number of nitrogens with one attached hydrogen (secondary N) is 2. The first-order chi connectivity index (χ1) is 26.4. The van der Waals surface area contributed by atoms with Crippen molar-refractivity contribution in [2.75, 3.05) is 48.8 Å². The third-order valence-electron chi connectivity index (χ3n) is 10.4. The van der Waals surface area contributed by atoms with E-state index < -0.39 is 23.2 Å². The third kappa shape index (κ3) is 7.34. The average Bonchev–Trinajstić information content (AvgIpc) is 3.38. The lowest BCUT2D eigenvalue weighted by atomic mass is 10.0. The molecule has 0 unspecified atom stereocenters. The van der Waals surface area contributed by atoms with Crippen molar-refractivity contribution in [3.8, 4) is 28.4 Å². The Morgan fingerprint density at radius 3 is 2.39 bits per heavy atom. The summed E-state index contributed by atoms with van der Waals surface area (Å²) < 4.78 is 36.4. The number of halogens is 2. The molecule has 2 aliphatic rings. The van der Waals surface area contributed by atoms with Crippen molar-refractivity contribution >= 4 is 34.6 Å². The topological polar surface area (TPSA) is 99.9 Å². The van der Waals surface area contributed by atoms with Crippen molar-refractivity contribution < 1.29 is 18.3 Å². The summed E-state index contributed by atoms with van der Waals surface area (Å²) in [5, 5.41) is 5.73. The number of hydrogen-bond acceptors (Lipinski definition) is 8. The van der Waals surface area contributed by atoms with Gasteiger partial charge in [0.25, 0.3) is 5.91 Å². The van der Waals surface area contributed by atoms with Crippen molar-refractivity contribution in [3.63, 3.8) is 0 Å². The average molecular weight is 729 g/mol. The van der Waals surface area contributed by atoms with Gasteiger partial charge in [0.2, 0.25) is 5.95 Å². The van der Waals surface area contributed by atoms with E-state index in [0.29, 0.717) is 46.0 Å². The van der Waals surface area contributed by atoms with Crippen molar-refractivity contribution in [2.24, 2.45) is 0 Å². The van der Waals surface area contributed by atoms with Gasteiger partial charge in [0, 0.05) is 54.4 Å². The van der Waals surface area contributed by atoms with Crippen LogP contribution < -0.4 is 20.3 Å². The molecule has 12 heteroatoms. The smallest absolute Gasteiger partial charge is 0.255 e. The number of aromatic nitrogens is 4. The highest BCUT2D eigenvalue weighted by Crippen LogP contribution is 2.36. The fourth-order valence-corrected chi connectivity index (χ4v) is 7.65. The SMILES string of the molecule is COc1cc(N2CCC(N3CCCCCC3)CC2)ccc1Nc1nccc(-c2c(-c3cccc(C(=O)Nc4c(F)cccc4F)c3)nc3ccccn23)n1. The molecular formula is C42H42F2N8O2. The van der Waals surface area contributed by atoms with Gasteiger partial charge in [-0.3, -0.25) is 9.20 Å². The molecule has 2 N–H and O–H groups in total. The number of likely N-dealkylation sites (tertiary alicyclic amines) is 1. The molecule has 3 aromatic carbocycles. The zero-order valence-corrected chi connectivity index (χ0v) is 30.1. The van der Waals surface area contributed by atoms with E-state index in [1.807, 2.05) is 40.9 Å². The number of carbonyl (C=O) groups excluding carboxylic acids is 1. The van der Waals surface area contributed by atoms with Crippen LogP contribution >= 0.6 is 0 Å². The van der Waals surface area contributed by atoms with Crippen molar-refractivity contribution in [2.45, 2.75) is 44.6 Å². The fraction of sp³-hybridized carbons (Fsp3) is 0.286. The lowest BCUT2D eigenvalue weighted by Gasteiger charge is -2.39. The number of carbonyl (C=O) groups is 1. The molecule has 2 aliphatic heterocycles. The predicted molar refractivity (Wildman–Crippen MR) is 208 cm³/mol. The van der Waals surface area contributed by atoms with Crippen molar-refractivity contribution in [1.82, 2.24) is 24.3 Å². The number of rotatable bonds is 9. The standard InChI is InChI=1S/C42H42F2N8O2/c1-54-36-27-31(51-24-18-30(19-25-51)50-21-5-2-3-6-22-50)15-16-34(36)46-42-45-20-17-35(47-42)40-38(48-37-14-4-7-23-52(37)40)28-10-8-11-29(26-28)41(53)49-39-32(43)12-9-13-33(39)44/h4,7-17,20,23,26-27,30H,2-3,5-6,18-19,21-22,24-25H2,1H3,(H,49,53)(H,45,46,47). The summed E-state index contributed by atoms with van der Waals surface area (Å²) >= 11 is 0. The Bertz CT molecular complexity index is 2260. The zero-order chi connectivity index (χ0) is 37.0. The van der Waals surface area contributed by atoms with Crippen LogP contribution in [0.1, 0.15) is 48.9 Å². The molecule has 276 valence electrons. The Hall–Kier alpha value is -5.88. The molecule has 3 aromatic heterocycles. The van der Waals surface area contributed by atoms with Gasteiger partial charge in [0.1, 0.15) is 28.7 Å². The molecule has 0 radical (unpaired) electrons. The highest BCUT2D eigenvalue weighted by Gasteiger charge is 2.26. The van der Waals surface area contributed by atoms with E-state index in [-0.39, 0.29) is 5.56 Å². The van der Waals surface area contributed by atoms with Gasteiger partial charge >= 0.3 is 0 Å². The number of hydrogen-bond donors (Lipinski definition) is 2. The largest absolute Gasteiger partial charge is 0.494 e. The molecule has 54 heavy (non-hydrogen) atoms. The van der Waals surface area contributed by atoms with Gasteiger partial charge in [-0.1, -0.05) is 37.1 Å². The Kier molecular flexibility index (Phi) is 10.2. The monoisotopic (exact) mass is 728 g/mol. The van der Waals surface area contributed by atoms with Gasteiger partial charge in [0.15, 0.2) is 0 Å². The van der Waals surface area contributed by atoms with Crippen LogP contribution in [0.2, 0.25) is 0 Å². The van der Waals surface area contributed by atoms with Crippen LogP contribution in [-0.4, -0.2) is 69.5 Å². The number of ether oxygens (including phenoxy) is 1. The Morgan fingerprint density at radius 1 is 0.833 bits per heavy atom. The summed E-state index contributed by atoms with van der Waals surface area (Å²) in [6, 6.07) is 24.5. The van der Waals surface area contributed by atoms with Gasteiger partial charge in [-0.25, -0.2) is 23.7 Å². The van der Waals surface area contributed by atoms with Crippen LogP contribution in [-0.2, 0) is 0 Å². The number of nitrogens with zero attached hydrogens (tertiary/aromatic N) is 6. The Balaban J connectivity index is 1.04. The number of para-hydroxylation sites is 1. The van der Waals surface area contributed by atoms with E-state index in [1.165, 1.54) is 57.7 Å². The van der Waals surface area contributed by atoms with E-state index >= 15 is 0 Å². The molecular weight excluding hydrogens is 687 g/mol. The molecule has 5 heterocycles. The number of pyridine rings is 1. The molecule has 2 saturated heterocycles. The van der Waals surface area contributed by atoms with E-state index in [0.717, 1.165) is 36.6 Å². The highest BCUT2D eigenvalue weighted by molar-refractivity contribution is 6.05. The van der Waals surface area contributed by atoms with Gasteiger partial charge in [-0.2, -0.15) is 0 Å². The van der Waals surface area contributed by atoms with E-state index in [9.17, 15) is 13.6 Å². The summed E-state index contributed by atoms with van der Waals surface area (Å²) in [5.41, 5.74) is 4.71. The van der Waals surface area contributed by atoms with Crippen LogP contribution in [0.4, 0.5) is 31.8 Å². The number of fused-ring (bicyclic) bond motifs is 1. The lowest BCUT2D eigenvalue weighted by molar-refractivity contribution is 0.102. The number of piperidine rings is 1. The second-order valence-electron chi connectivity index (χ2n) is 13.8. The number of amides is 1. The maximum Gasteiger partial charge on any atom is 0.255 e. The maximum absolute atomic E-state index is 14.3. The number of anilines is 4. The van der Waals surface area contributed by atoms with Gasteiger partial charge < -0.3 is 25.2 Å². The second kappa shape index (κ2) is 15.6. The van der Waals surface area contributed by atoms with Crippen LogP contribution in [0.5, 0.6) is 5.75 Å². The lowest BCUT2D eigenvalue weighted by Crippen LogP contribution is -2.45. The normalized spacial score (nSPS) is 15.6. The molecule has 0 spiro atoms. The van der Waals surface area contributed by atoms with Crippen LogP contribution in [0.15, 0.2) is 97.3 Å². The van der Waals surface area contributed by atoms with Crippen LogP contribution in [0.25, 0.3) is 28.3 Å². The van der Waals surface area contributed by atoms with E-state index in [1.54, 1.807) is 37.6 Å².